The number of halogens is 2. The molecular weight excluding hydrogens is 652 g/mol. The maximum Gasteiger partial charge on any atom is 0.282 e. The molecule has 0 saturated heterocycles. The molecule has 6 rings (SSSR count). The molecule has 0 aliphatic heterocycles. The van der Waals surface area contributed by atoms with Crippen molar-refractivity contribution in [2.45, 2.75) is 6.61 Å². The third-order valence-electron chi connectivity index (χ3n) is 6.62. The van der Waals surface area contributed by atoms with Crippen molar-refractivity contribution in [2.24, 2.45) is 5.10 Å². The van der Waals surface area contributed by atoms with E-state index in [1.807, 2.05) is 30.3 Å². The predicted molar refractivity (Wildman–Crippen MR) is 167 cm³/mol. The molecule has 0 spiro atoms. The van der Waals surface area contributed by atoms with E-state index in [-0.39, 0.29) is 23.8 Å². The van der Waals surface area contributed by atoms with Crippen LogP contribution in [0.5, 0.6) is 17.2 Å². The van der Waals surface area contributed by atoms with Crippen LogP contribution in [-0.4, -0.2) is 30.1 Å². The zero-order chi connectivity index (χ0) is 29.2. The summed E-state index contributed by atoms with van der Waals surface area (Å²) in [5.41, 5.74) is 1.83. The number of methoxy groups -OCH3 is 2. The molecule has 0 amide bonds. The Morgan fingerprint density at radius 3 is 2.55 bits per heavy atom. The van der Waals surface area contributed by atoms with Crippen LogP contribution in [-0.2, 0) is 6.61 Å². The number of fused-ring (bicyclic) bond motifs is 2. The summed E-state index contributed by atoms with van der Waals surface area (Å²) in [7, 11) is 3.11. The van der Waals surface area contributed by atoms with Crippen molar-refractivity contribution in [1.82, 2.24) is 9.66 Å². The summed E-state index contributed by atoms with van der Waals surface area (Å²) in [4.78, 5) is 18.4. The molecule has 4 aromatic carbocycles. The molecule has 2 heterocycles. The van der Waals surface area contributed by atoms with E-state index in [1.165, 1.54) is 24.1 Å². The zero-order valence-electron chi connectivity index (χ0n) is 22.5. The first-order chi connectivity index (χ1) is 20.5. The second-order valence-electron chi connectivity index (χ2n) is 9.21. The van der Waals surface area contributed by atoms with Gasteiger partial charge < -0.3 is 18.6 Å². The summed E-state index contributed by atoms with van der Waals surface area (Å²) in [6.45, 7) is 0.0380. The van der Waals surface area contributed by atoms with Crippen LogP contribution >= 0.6 is 22.6 Å². The average molecular weight is 675 g/mol. The number of benzene rings is 4. The second-order valence-corrected chi connectivity index (χ2v) is 10.4. The summed E-state index contributed by atoms with van der Waals surface area (Å²) in [6.07, 6.45) is 1.54. The van der Waals surface area contributed by atoms with Crippen molar-refractivity contribution in [2.75, 3.05) is 14.2 Å². The molecule has 0 aliphatic carbocycles. The van der Waals surface area contributed by atoms with Gasteiger partial charge in [0.25, 0.3) is 5.56 Å². The summed E-state index contributed by atoms with van der Waals surface area (Å²) in [5.74, 6) is 1.80. The molecule has 0 fully saturated rings. The average Bonchev–Trinajstić information content (AvgIpc) is 3.45. The number of rotatable bonds is 8. The van der Waals surface area contributed by atoms with Crippen LogP contribution in [0.3, 0.4) is 0 Å². The van der Waals surface area contributed by atoms with Gasteiger partial charge in [0.05, 0.1) is 40.3 Å². The van der Waals surface area contributed by atoms with Gasteiger partial charge in [0.2, 0.25) is 5.82 Å². The van der Waals surface area contributed by atoms with Gasteiger partial charge in [0.1, 0.15) is 23.8 Å². The molecule has 2 aromatic heterocycles. The number of hydrogen-bond acceptors (Lipinski definition) is 7. The minimum atomic E-state index is -0.356. The predicted octanol–water partition coefficient (Wildman–Crippen LogP) is 7.03. The summed E-state index contributed by atoms with van der Waals surface area (Å²) < 4.78 is 39.1. The van der Waals surface area contributed by atoms with E-state index in [4.69, 9.17) is 23.6 Å². The SMILES string of the molecule is COc1cc(C=Nn2c(-c3cc4c(OC)cccc4o3)nc3ccccc3c2=O)cc(I)c1OCc1ccccc1F. The van der Waals surface area contributed by atoms with Gasteiger partial charge in [-0.05, 0) is 76.7 Å². The Bertz CT molecular complexity index is 2040. The molecular formula is C32H23FIN3O5. The van der Waals surface area contributed by atoms with Crippen molar-refractivity contribution >= 4 is 50.7 Å². The van der Waals surface area contributed by atoms with Gasteiger partial charge in [-0.3, -0.25) is 4.79 Å². The molecule has 42 heavy (non-hydrogen) atoms. The van der Waals surface area contributed by atoms with Crippen LogP contribution in [0.25, 0.3) is 33.5 Å². The van der Waals surface area contributed by atoms with Gasteiger partial charge in [0.15, 0.2) is 17.3 Å². The summed E-state index contributed by atoms with van der Waals surface area (Å²) >= 11 is 2.12. The van der Waals surface area contributed by atoms with Gasteiger partial charge in [0, 0.05) is 5.56 Å². The largest absolute Gasteiger partial charge is 0.496 e. The number of hydrogen-bond donors (Lipinski definition) is 0. The smallest absolute Gasteiger partial charge is 0.282 e. The number of nitrogens with zero attached hydrogens (tertiary/aromatic N) is 3. The Kier molecular flexibility index (Phi) is 7.62. The van der Waals surface area contributed by atoms with E-state index in [9.17, 15) is 9.18 Å². The first-order valence-corrected chi connectivity index (χ1v) is 13.9. The first-order valence-electron chi connectivity index (χ1n) is 12.8. The fourth-order valence-corrected chi connectivity index (χ4v) is 5.34. The van der Waals surface area contributed by atoms with Gasteiger partial charge in [-0.25, -0.2) is 9.37 Å². The van der Waals surface area contributed by atoms with Crippen LogP contribution in [0.1, 0.15) is 11.1 Å². The highest BCUT2D eigenvalue weighted by Crippen LogP contribution is 2.35. The van der Waals surface area contributed by atoms with Crippen LogP contribution in [0.4, 0.5) is 4.39 Å². The second kappa shape index (κ2) is 11.6. The van der Waals surface area contributed by atoms with E-state index in [2.05, 4.69) is 27.7 Å². The first kappa shape index (κ1) is 27.5. The maximum absolute atomic E-state index is 14.1. The van der Waals surface area contributed by atoms with Crippen molar-refractivity contribution in [1.29, 1.82) is 0 Å². The molecule has 0 bridgehead atoms. The van der Waals surface area contributed by atoms with Crippen LogP contribution in [0.15, 0.2) is 99.2 Å². The third-order valence-corrected chi connectivity index (χ3v) is 7.42. The highest BCUT2D eigenvalue weighted by atomic mass is 127. The highest BCUT2D eigenvalue weighted by molar-refractivity contribution is 14.1. The number of para-hydroxylation sites is 1. The normalized spacial score (nSPS) is 11.4. The van der Waals surface area contributed by atoms with Gasteiger partial charge in [-0.2, -0.15) is 9.78 Å². The molecule has 0 aliphatic rings. The van der Waals surface area contributed by atoms with Gasteiger partial charge in [-0.1, -0.05) is 36.4 Å². The maximum atomic E-state index is 14.1. The molecule has 0 atom stereocenters. The summed E-state index contributed by atoms with van der Waals surface area (Å²) in [5, 5.41) is 5.70. The van der Waals surface area contributed by atoms with E-state index >= 15 is 0 Å². The van der Waals surface area contributed by atoms with Gasteiger partial charge >= 0.3 is 0 Å². The quantitative estimate of drug-likeness (QED) is 0.127. The molecule has 0 radical (unpaired) electrons. The Balaban J connectivity index is 1.41. The van der Waals surface area contributed by atoms with Crippen molar-refractivity contribution < 1.29 is 23.0 Å². The molecule has 210 valence electrons. The van der Waals surface area contributed by atoms with Crippen molar-refractivity contribution in [3.05, 3.63) is 116 Å². The third kappa shape index (κ3) is 5.20. The molecule has 0 N–H and O–H groups in total. The minimum Gasteiger partial charge on any atom is -0.496 e. The fourth-order valence-electron chi connectivity index (χ4n) is 4.56. The number of aromatic nitrogens is 2. The van der Waals surface area contributed by atoms with E-state index in [0.29, 0.717) is 50.6 Å². The van der Waals surface area contributed by atoms with Crippen LogP contribution < -0.4 is 19.8 Å². The van der Waals surface area contributed by atoms with Crippen LogP contribution in [0.2, 0.25) is 0 Å². The van der Waals surface area contributed by atoms with E-state index < -0.39 is 0 Å². The highest BCUT2D eigenvalue weighted by Gasteiger charge is 2.18. The lowest BCUT2D eigenvalue weighted by Gasteiger charge is -2.14. The zero-order valence-corrected chi connectivity index (χ0v) is 24.7. The lowest BCUT2D eigenvalue weighted by Crippen LogP contribution is -2.20. The molecule has 6 aromatic rings. The van der Waals surface area contributed by atoms with E-state index in [1.54, 1.807) is 55.6 Å². The van der Waals surface area contributed by atoms with Crippen molar-refractivity contribution in [3.8, 4) is 28.8 Å². The number of furan rings is 1. The molecule has 0 unspecified atom stereocenters. The monoisotopic (exact) mass is 675 g/mol. The lowest BCUT2D eigenvalue weighted by molar-refractivity contribution is 0.277. The van der Waals surface area contributed by atoms with Gasteiger partial charge in [-0.15, -0.1) is 0 Å². The molecule has 8 nitrogen and oxygen atoms in total. The fraction of sp³-hybridized carbons (Fsp3) is 0.0938. The number of ether oxygens (including phenoxy) is 3. The Morgan fingerprint density at radius 1 is 0.952 bits per heavy atom. The Hall–Kier alpha value is -4.71. The minimum absolute atomic E-state index is 0.0380. The molecule has 0 saturated carbocycles. The van der Waals surface area contributed by atoms with Crippen molar-refractivity contribution in [3.63, 3.8) is 0 Å². The Morgan fingerprint density at radius 2 is 1.74 bits per heavy atom. The lowest BCUT2D eigenvalue weighted by atomic mass is 10.2. The standard InChI is InChI=1S/C32H23FIN3O5/c1-39-26-12-7-13-27-22(26)16-29(42-27)31-36-25-11-6-4-9-21(25)32(38)37(31)35-17-19-14-24(34)30(28(15-19)40-2)41-18-20-8-3-5-10-23(20)33/h3-17H,18H2,1-2H3. The summed E-state index contributed by atoms with van der Waals surface area (Å²) in [6, 6.07) is 24.3. The van der Waals surface area contributed by atoms with Crippen LogP contribution in [0, 0.1) is 9.39 Å². The molecule has 10 heteroatoms. The topological polar surface area (TPSA) is 88.1 Å². The van der Waals surface area contributed by atoms with E-state index in [0.717, 1.165) is 8.96 Å². The Labute approximate surface area is 253 Å².